The Kier molecular flexibility index (Phi) is 7.92. The van der Waals surface area contributed by atoms with E-state index in [9.17, 15) is 19.8 Å². The molecule has 30 heavy (non-hydrogen) atoms. The molecular weight excluding hydrogens is 384 g/mol. The molecule has 2 fully saturated rings. The number of rotatable bonds is 1. The topological polar surface area (TPSA) is 96.4 Å². The first kappa shape index (κ1) is 25.0. The second-order valence-corrected chi connectivity index (χ2v) is 10.1. The van der Waals surface area contributed by atoms with Gasteiger partial charge in [-0.3, -0.25) is 9.59 Å². The number of esters is 1. The van der Waals surface area contributed by atoms with Crippen LogP contribution < -0.4 is 0 Å². The molecule has 6 nitrogen and oxygen atoms in total. The number of fused-ring (bicyclic) bond motifs is 1. The summed E-state index contributed by atoms with van der Waals surface area (Å²) in [5.41, 5.74) is -0.472. The molecule has 0 spiro atoms. The Morgan fingerprint density at radius 2 is 1.80 bits per heavy atom. The summed E-state index contributed by atoms with van der Waals surface area (Å²) >= 11 is 0. The average molecular weight is 425 g/mol. The average Bonchev–Trinajstić information content (AvgIpc) is 3.32. The van der Waals surface area contributed by atoms with Gasteiger partial charge >= 0.3 is 5.97 Å². The van der Waals surface area contributed by atoms with Crippen LogP contribution in [0.25, 0.3) is 0 Å². The number of hydrogen-bond donors (Lipinski definition) is 2. The van der Waals surface area contributed by atoms with E-state index in [-0.39, 0.29) is 29.8 Å². The Hall–Kier alpha value is -1.24. The molecule has 2 saturated heterocycles. The fourth-order valence-corrected chi connectivity index (χ4v) is 4.48. The normalized spacial score (nSPS) is 41.7. The number of hydrogen-bond acceptors (Lipinski definition) is 6. The number of ketones is 1. The monoisotopic (exact) mass is 424 g/mol. The van der Waals surface area contributed by atoms with Gasteiger partial charge in [0, 0.05) is 12.3 Å². The summed E-state index contributed by atoms with van der Waals surface area (Å²) in [6.07, 6.45) is 2.37. The summed E-state index contributed by atoms with van der Waals surface area (Å²) < 4.78 is 11.7. The predicted octanol–water partition coefficient (Wildman–Crippen LogP) is 3.58. The molecule has 0 aromatic heterocycles. The third-order valence-electron chi connectivity index (χ3n) is 7.37. The second-order valence-electron chi connectivity index (χ2n) is 10.1. The van der Waals surface area contributed by atoms with E-state index in [1.54, 1.807) is 20.8 Å². The minimum Gasteiger partial charge on any atom is -0.458 e. The number of allylic oxidation sites excluding steroid dienone is 1. The SMILES string of the molecule is C/C=C(\C)[C@@H]1C[C@@H]2O[C@]2(C)CCC[C@H](C)[C@H](O)[C@@H](C)C(=O)C(C)(C)[C@@H](O)CC(=O)O1. The van der Waals surface area contributed by atoms with Crippen molar-refractivity contribution in [1.82, 2.24) is 0 Å². The summed E-state index contributed by atoms with van der Waals surface area (Å²) in [5, 5.41) is 21.4. The molecule has 2 aliphatic rings. The van der Waals surface area contributed by atoms with Gasteiger partial charge in [0.25, 0.3) is 0 Å². The number of Topliss-reactive ketones (excluding diaryl/α,β-unsaturated/α-hetero) is 1. The van der Waals surface area contributed by atoms with Crippen molar-refractivity contribution in [3.63, 3.8) is 0 Å². The highest BCUT2D eigenvalue weighted by molar-refractivity contribution is 5.88. The van der Waals surface area contributed by atoms with E-state index in [0.29, 0.717) is 6.42 Å². The highest BCUT2D eigenvalue weighted by atomic mass is 16.6. The van der Waals surface area contributed by atoms with Crippen molar-refractivity contribution in [2.75, 3.05) is 0 Å². The van der Waals surface area contributed by atoms with Crippen molar-refractivity contribution in [2.45, 2.75) is 111 Å². The molecule has 172 valence electrons. The molecule has 0 aliphatic carbocycles. The summed E-state index contributed by atoms with van der Waals surface area (Å²) in [5.74, 6) is -1.46. The van der Waals surface area contributed by atoms with Crippen LogP contribution in [0, 0.1) is 17.3 Å². The third-order valence-corrected chi connectivity index (χ3v) is 7.37. The van der Waals surface area contributed by atoms with Crippen molar-refractivity contribution >= 4 is 11.8 Å². The smallest absolute Gasteiger partial charge is 0.309 e. The van der Waals surface area contributed by atoms with Crippen LogP contribution in [0.15, 0.2) is 11.6 Å². The lowest BCUT2D eigenvalue weighted by molar-refractivity contribution is -0.154. The van der Waals surface area contributed by atoms with Crippen LogP contribution >= 0.6 is 0 Å². The number of aliphatic hydroxyl groups excluding tert-OH is 2. The molecule has 0 unspecified atom stereocenters. The molecule has 2 heterocycles. The van der Waals surface area contributed by atoms with Crippen LogP contribution in [0.4, 0.5) is 0 Å². The molecule has 0 radical (unpaired) electrons. The Balaban J connectivity index is 2.26. The Labute approximate surface area is 181 Å². The van der Waals surface area contributed by atoms with Crippen molar-refractivity contribution in [1.29, 1.82) is 0 Å². The van der Waals surface area contributed by atoms with Crippen LogP contribution in [-0.2, 0) is 19.1 Å². The standard InChI is InChI=1S/C24H40O6/c1-8-14(2)17-12-19-24(7,30-19)11-9-10-15(3)21(27)16(4)22(28)23(5,6)18(25)13-20(26)29-17/h8,15-19,21,25,27H,9-13H2,1-7H3/b14-8+/t15-,16+,17-,18-,19-,21-,24+/m0/s1. The van der Waals surface area contributed by atoms with E-state index in [1.165, 1.54) is 0 Å². The Morgan fingerprint density at radius 1 is 1.17 bits per heavy atom. The van der Waals surface area contributed by atoms with Gasteiger partial charge in [0.15, 0.2) is 0 Å². The molecule has 0 amide bonds. The number of epoxide rings is 1. The first-order chi connectivity index (χ1) is 13.8. The number of ether oxygens (including phenoxy) is 2. The van der Waals surface area contributed by atoms with E-state index < -0.39 is 35.6 Å². The van der Waals surface area contributed by atoms with Crippen molar-refractivity contribution < 1.29 is 29.3 Å². The molecule has 2 aliphatic heterocycles. The van der Waals surface area contributed by atoms with Crippen LogP contribution in [0.5, 0.6) is 0 Å². The molecule has 0 bridgehead atoms. The van der Waals surface area contributed by atoms with Crippen LogP contribution in [-0.4, -0.2) is 52.0 Å². The Morgan fingerprint density at radius 3 is 2.40 bits per heavy atom. The number of cyclic esters (lactones) is 1. The van der Waals surface area contributed by atoms with E-state index in [0.717, 1.165) is 24.8 Å². The van der Waals surface area contributed by atoms with E-state index in [4.69, 9.17) is 9.47 Å². The molecule has 0 aromatic carbocycles. The quantitative estimate of drug-likeness (QED) is 0.379. The highest BCUT2D eigenvalue weighted by Crippen LogP contribution is 2.45. The van der Waals surface area contributed by atoms with Gasteiger partial charge in [-0.15, -0.1) is 0 Å². The molecule has 6 heteroatoms. The predicted molar refractivity (Wildman–Crippen MR) is 115 cm³/mol. The molecular formula is C24H40O6. The lowest BCUT2D eigenvalue weighted by atomic mass is 9.73. The van der Waals surface area contributed by atoms with Gasteiger partial charge in [-0.1, -0.05) is 40.2 Å². The summed E-state index contributed by atoms with van der Waals surface area (Å²) in [6, 6.07) is 0. The van der Waals surface area contributed by atoms with E-state index in [2.05, 4.69) is 6.92 Å². The zero-order chi connectivity index (χ0) is 22.9. The summed E-state index contributed by atoms with van der Waals surface area (Å²) in [4.78, 5) is 25.7. The van der Waals surface area contributed by atoms with Crippen LogP contribution in [0.3, 0.4) is 0 Å². The maximum atomic E-state index is 13.1. The van der Waals surface area contributed by atoms with Gasteiger partial charge in [-0.25, -0.2) is 0 Å². The van der Waals surface area contributed by atoms with Crippen molar-refractivity contribution in [2.24, 2.45) is 17.3 Å². The number of carbonyl (C=O) groups excluding carboxylic acids is 2. The maximum absolute atomic E-state index is 13.1. The molecule has 0 saturated carbocycles. The molecule has 2 N–H and O–H groups in total. The van der Waals surface area contributed by atoms with Gasteiger partial charge in [0.05, 0.1) is 35.7 Å². The maximum Gasteiger partial charge on any atom is 0.309 e. The minimum atomic E-state index is -1.19. The lowest BCUT2D eigenvalue weighted by Gasteiger charge is -2.34. The van der Waals surface area contributed by atoms with E-state index in [1.807, 2.05) is 26.8 Å². The third kappa shape index (κ3) is 5.51. The summed E-state index contributed by atoms with van der Waals surface area (Å²) in [6.45, 7) is 12.8. The number of carbonyl (C=O) groups is 2. The van der Waals surface area contributed by atoms with Crippen LogP contribution in [0.2, 0.25) is 0 Å². The van der Waals surface area contributed by atoms with Gasteiger partial charge in [-0.2, -0.15) is 0 Å². The number of aliphatic hydroxyl groups is 2. The van der Waals surface area contributed by atoms with Gasteiger partial charge in [0.1, 0.15) is 11.9 Å². The molecule has 2 rings (SSSR count). The van der Waals surface area contributed by atoms with Crippen molar-refractivity contribution in [3.8, 4) is 0 Å². The molecule has 7 atom stereocenters. The van der Waals surface area contributed by atoms with Gasteiger partial charge in [-0.05, 0) is 45.1 Å². The second kappa shape index (κ2) is 9.49. The lowest BCUT2D eigenvalue weighted by Crippen LogP contribution is -2.45. The summed E-state index contributed by atoms with van der Waals surface area (Å²) in [7, 11) is 0. The highest BCUT2D eigenvalue weighted by Gasteiger charge is 2.53. The van der Waals surface area contributed by atoms with E-state index >= 15 is 0 Å². The van der Waals surface area contributed by atoms with Gasteiger partial charge < -0.3 is 19.7 Å². The first-order valence-electron chi connectivity index (χ1n) is 11.2. The molecule has 0 aromatic rings. The van der Waals surface area contributed by atoms with Gasteiger partial charge in [0.2, 0.25) is 0 Å². The van der Waals surface area contributed by atoms with Crippen LogP contribution in [0.1, 0.15) is 80.6 Å². The fraction of sp³-hybridized carbons (Fsp3) is 0.833. The minimum absolute atomic E-state index is 0.0141. The largest absolute Gasteiger partial charge is 0.458 e. The Bertz CT molecular complexity index is 669. The zero-order valence-corrected chi connectivity index (χ0v) is 19.6. The zero-order valence-electron chi connectivity index (χ0n) is 19.6. The fourth-order valence-electron chi connectivity index (χ4n) is 4.48. The first-order valence-corrected chi connectivity index (χ1v) is 11.2. The van der Waals surface area contributed by atoms with Crippen molar-refractivity contribution in [3.05, 3.63) is 11.6 Å².